The zero-order valence-corrected chi connectivity index (χ0v) is 11.7. The minimum Gasteiger partial charge on any atom is -0.462 e. The average molecular weight is 283 g/mol. The molecule has 0 aliphatic rings. The van der Waals surface area contributed by atoms with E-state index in [1.54, 1.807) is 37.3 Å². The summed E-state index contributed by atoms with van der Waals surface area (Å²) in [5.41, 5.74) is 14.5. The van der Waals surface area contributed by atoms with Crippen LogP contribution in [-0.4, -0.2) is 18.4 Å². The number of anilines is 1. The Kier molecular flexibility index (Phi) is 4.23. The van der Waals surface area contributed by atoms with Gasteiger partial charge in [0.05, 0.1) is 12.2 Å². The normalized spacial score (nSPS) is 10.1. The first-order valence-corrected chi connectivity index (χ1v) is 6.54. The van der Waals surface area contributed by atoms with Crippen LogP contribution in [0.1, 0.15) is 22.8 Å². The van der Waals surface area contributed by atoms with Crippen LogP contribution in [0.25, 0.3) is 11.1 Å². The van der Waals surface area contributed by atoms with Crippen LogP contribution in [0.2, 0.25) is 0 Å². The number of ether oxygens (including phenoxy) is 1. The number of benzene rings is 2. The van der Waals surface area contributed by atoms with Crippen molar-refractivity contribution in [3.8, 4) is 11.1 Å². The number of carbonyl (C=O) groups is 1. The first-order chi connectivity index (χ1) is 10.0. The Hall–Kier alpha value is -2.82. The summed E-state index contributed by atoms with van der Waals surface area (Å²) >= 11 is 0. The third kappa shape index (κ3) is 3.20. The molecule has 5 N–H and O–H groups in total. The fourth-order valence-electron chi connectivity index (χ4n) is 2.03. The first-order valence-electron chi connectivity index (χ1n) is 6.54. The number of nitrogens with one attached hydrogen (secondary N) is 1. The molecule has 0 saturated carbocycles. The van der Waals surface area contributed by atoms with Gasteiger partial charge in [0.2, 0.25) is 0 Å². The van der Waals surface area contributed by atoms with Gasteiger partial charge in [0.25, 0.3) is 0 Å². The summed E-state index contributed by atoms with van der Waals surface area (Å²) in [6.45, 7) is 2.10. The molecule has 0 spiro atoms. The topological polar surface area (TPSA) is 102 Å². The van der Waals surface area contributed by atoms with Crippen LogP contribution >= 0.6 is 0 Å². The van der Waals surface area contributed by atoms with Gasteiger partial charge in [-0.2, -0.15) is 0 Å². The highest BCUT2D eigenvalue weighted by atomic mass is 16.5. The lowest BCUT2D eigenvalue weighted by Crippen LogP contribution is -2.13. The van der Waals surface area contributed by atoms with E-state index in [1.165, 1.54) is 0 Å². The number of hydrogen-bond acceptors (Lipinski definition) is 4. The molecule has 0 saturated heterocycles. The minimum atomic E-state index is -0.354. The van der Waals surface area contributed by atoms with Crippen LogP contribution in [0.4, 0.5) is 5.69 Å². The molecule has 5 heteroatoms. The summed E-state index contributed by atoms with van der Waals surface area (Å²) in [6, 6.07) is 12.4. The zero-order valence-electron chi connectivity index (χ0n) is 11.7. The Morgan fingerprint density at radius 1 is 1.19 bits per heavy atom. The summed E-state index contributed by atoms with van der Waals surface area (Å²) < 4.78 is 4.98. The van der Waals surface area contributed by atoms with Crippen molar-refractivity contribution in [2.45, 2.75) is 6.92 Å². The second kappa shape index (κ2) is 6.09. The Balaban J connectivity index is 2.38. The van der Waals surface area contributed by atoms with Crippen molar-refractivity contribution >= 4 is 17.5 Å². The number of nitrogen functional groups attached to an aromatic ring is 2. The van der Waals surface area contributed by atoms with E-state index in [1.807, 2.05) is 12.1 Å². The van der Waals surface area contributed by atoms with Gasteiger partial charge in [-0.3, -0.25) is 5.41 Å². The van der Waals surface area contributed by atoms with Gasteiger partial charge in [-0.1, -0.05) is 18.2 Å². The predicted octanol–water partition coefficient (Wildman–Crippen LogP) is 2.40. The van der Waals surface area contributed by atoms with Crippen LogP contribution in [0, 0.1) is 5.41 Å². The number of hydrogen-bond donors (Lipinski definition) is 3. The van der Waals surface area contributed by atoms with Gasteiger partial charge in [-0.15, -0.1) is 0 Å². The third-order valence-corrected chi connectivity index (χ3v) is 3.05. The smallest absolute Gasteiger partial charge is 0.338 e. The lowest BCUT2D eigenvalue weighted by molar-refractivity contribution is 0.0526. The highest BCUT2D eigenvalue weighted by Gasteiger charge is 2.09. The molecule has 0 atom stereocenters. The van der Waals surface area contributed by atoms with Crippen LogP contribution in [0.5, 0.6) is 0 Å². The fraction of sp³-hybridized carbons (Fsp3) is 0.125. The number of carbonyl (C=O) groups excluding carboxylic acids is 1. The Labute approximate surface area is 123 Å². The third-order valence-electron chi connectivity index (χ3n) is 3.05. The van der Waals surface area contributed by atoms with Gasteiger partial charge in [0.1, 0.15) is 5.84 Å². The second-order valence-electron chi connectivity index (χ2n) is 4.52. The lowest BCUT2D eigenvalue weighted by atomic mass is 10.0. The monoisotopic (exact) mass is 283 g/mol. The molecule has 2 rings (SSSR count). The average Bonchev–Trinajstić information content (AvgIpc) is 2.47. The largest absolute Gasteiger partial charge is 0.462 e. The van der Waals surface area contributed by atoms with Crippen molar-refractivity contribution in [2.24, 2.45) is 5.73 Å². The van der Waals surface area contributed by atoms with Gasteiger partial charge in [-0.05, 0) is 42.3 Å². The maximum atomic E-state index is 11.7. The van der Waals surface area contributed by atoms with Crippen molar-refractivity contribution in [3.63, 3.8) is 0 Å². The van der Waals surface area contributed by atoms with Gasteiger partial charge < -0.3 is 16.2 Å². The maximum absolute atomic E-state index is 11.7. The summed E-state index contributed by atoms with van der Waals surface area (Å²) in [5, 5.41) is 7.42. The van der Waals surface area contributed by atoms with Gasteiger partial charge in [0, 0.05) is 11.3 Å². The molecule has 0 aliphatic carbocycles. The lowest BCUT2D eigenvalue weighted by Gasteiger charge is -2.09. The molecule has 0 aliphatic heterocycles. The van der Waals surface area contributed by atoms with Crippen molar-refractivity contribution in [2.75, 3.05) is 12.3 Å². The SMILES string of the molecule is CCOC(=O)c1cccc(-c2ccc(C(=N)N)c(N)c2)c1. The summed E-state index contributed by atoms with van der Waals surface area (Å²) in [6.07, 6.45) is 0. The Morgan fingerprint density at radius 3 is 2.52 bits per heavy atom. The van der Waals surface area contributed by atoms with Crippen LogP contribution in [0.15, 0.2) is 42.5 Å². The van der Waals surface area contributed by atoms with E-state index < -0.39 is 0 Å². The van der Waals surface area contributed by atoms with E-state index in [9.17, 15) is 4.79 Å². The molecule has 0 amide bonds. The highest BCUT2D eigenvalue weighted by molar-refractivity contribution is 6.00. The van der Waals surface area contributed by atoms with Crippen molar-refractivity contribution in [1.82, 2.24) is 0 Å². The van der Waals surface area contributed by atoms with E-state index >= 15 is 0 Å². The van der Waals surface area contributed by atoms with Crippen LogP contribution in [-0.2, 0) is 4.74 Å². The van der Waals surface area contributed by atoms with Crippen LogP contribution < -0.4 is 11.5 Å². The fourth-order valence-corrected chi connectivity index (χ4v) is 2.03. The van der Waals surface area contributed by atoms with Crippen LogP contribution in [0.3, 0.4) is 0 Å². The molecule has 5 nitrogen and oxygen atoms in total. The molecule has 0 unspecified atom stereocenters. The molecule has 0 fully saturated rings. The summed E-state index contributed by atoms with van der Waals surface area (Å²) in [5.74, 6) is -0.424. The molecular weight excluding hydrogens is 266 g/mol. The minimum absolute atomic E-state index is 0.0701. The van der Waals surface area contributed by atoms with E-state index in [2.05, 4.69) is 0 Å². The molecule has 0 heterocycles. The predicted molar refractivity (Wildman–Crippen MR) is 83.3 cm³/mol. The van der Waals surface area contributed by atoms with Crippen molar-refractivity contribution < 1.29 is 9.53 Å². The van der Waals surface area contributed by atoms with E-state index in [4.69, 9.17) is 21.6 Å². The molecule has 0 bridgehead atoms. The standard InChI is InChI=1S/C16H17N3O2/c1-2-21-16(20)12-5-3-4-10(8-12)11-6-7-13(15(18)19)14(17)9-11/h3-9H,2,17H2,1H3,(H3,18,19). The van der Waals surface area contributed by atoms with Crippen molar-refractivity contribution in [3.05, 3.63) is 53.6 Å². The number of esters is 1. The Morgan fingerprint density at radius 2 is 1.90 bits per heavy atom. The number of nitrogens with two attached hydrogens (primary N) is 2. The van der Waals surface area contributed by atoms with E-state index in [0.717, 1.165) is 11.1 Å². The molecule has 108 valence electrons. The summed E-state index contributed by atoms with van der Waals surface area (Å²) in [4.78, 5) is 11.7. The molecule has 0 radical (unpaired) electrons. The van der Waals surface area contributed by atoms with E-state index in [0.29, 0.717) is 23.4 Å². The molecular formula is C16H17N3O2. The van der Waals surface area contributed by atoms with Gasteiger partial charge in [-0.25, -0.2) is 4.79 Å². The molecule has 2 aromatic carbocycles. The molecule has 2 aromatic rings. The Bertz CT molecular complexity index is 696. The second-order valence-corrected chi connectivity index (χ2v) is 4.52. The number of rotatable bonds is 4. The maximum Gasteiger partial charge on any atom is 0.338 e. The zero-order chi connectivity index (χ0) is 15.4. The van der Waals surface area contributed by atoms with E-state index in [-0.39, 0.29) is 11.8 Å². The molecule has 21 heavy (non-hydrogen) atoms. The van der Waals surface area contributed by atoms with Gasteiger partial charge in [0.15, 0.2) is 0 Å². The van der Waals surface area contributed by atoms with Crippen molar-refractivity contribution in [1.29, 1.82) is 5.41 Å². The first kappa shape index (κ1) is 14.6. The van der Waals surface area contributed by atoms with Gasteiger partial charge >= 0.3 is 5.97 Å². The summed E-state index contributed by atoms with van der Waals surface area (Å²) in [7, 11) is 0. The highest BCUT2D eigenvalue weighted by Crippen LogP contribution is 2.25. The quantitative estimate of drug-likeness (QED) is 0.347. The molecule has 0 aromatic heterocycles. The number of amidine groups is 1.